The highest BCUT2D eigenvalue weighted by molar-refractivity contribution is 7.89. The minimum absolute atomic E-state index is 0. The fourth-order valence-corrected chi connectivity index (χ4v) is 3.69. The molecule has 5 nitrogen and oxygen atoms in total. The van der Waals surface area contributed by atoms with E-state index in [1.54, 1.807) is 18.2 Å². The molecule has 122 valence electrons. The van der Waals surface area contributed by atoms with Crippen molar-refractivity contribution >= 4 is 33.8 Å². The van der Waals surface area contributed by atoms with E-state index >= 15 is 0 Å². The third kappa shape index (κ3) is 5.03. The van der Waals surface area contributed by atoms with Gasteiger partial charge >= 0.3 is 0 Å². The maximum absolute atomic E-state index is 12.2. The zero-order valence-electron chi connectivity index (χ0n) is 12.5. The lowest BCUT2D eigenvalue weighted by Crippen LogP contribution is -2.31. The Balaban J connectivity index is 0.00000242. The average Bonchev–Trinajstić information content (AvgIpc) is 2.90. The summed E-state index contributed by atoms with van der Waals surface area (Å²) in [6.45, 7) is 5.70. The maximum Gasteiger partial charge on any atom is 0.240 e. The molecule has 2 aromatic rings. The molecule has 0 fully saturated rings. The largest absolute Gasteiger partial charge is 0.316 e. The van der Waals surface area contributed by atoms with Crippen LogP contribution in [0.25, 0.3) is 10.6 Å². The van der Waals surface area contributed by atoms with Gasteiger partial charge in [-0.2, -0.15) is 0 Å². The number of hydrogen-bond donors (Lipinski definition) is 2. The van der Waals surface area contributed by atoms with E-state index in [4.69, 9.17) is 0 Å². The van der Waals surface area contributed by atoms with Crippen molar-refractivity contribution < 1.29 is 8.42 Å². The van der Waals surface area contributed by atoms with Crippen LogP contribution in [0.3, 0.4) is 0 Å². The molecule has 22 heavy (non-hydrogen) atoms. The van der Waals surface area contributed by atoms with Crippen LogP contribution in [-0.4, -0.2) is 33.0 Å². The predicted octanol–water partition coefficient (Wildman–Crippen LogP) is 2.43. The average molecular weight is 362 g/mol. The van der Waals surface area contributed by atoms with Gasteiger partial charge in [0.25, 0.3) is 0 Å². The number of sulfonamides is 1. The Bertz CT molecular complexity index is 702. The Morgan fingerprint density at radius 3 is 2.68 bits per heavy atom. The Labute approximate surface area is 141 Å². The third-order valence-corrected chi connectivity index (χ3v) is 5.32. The topological polar surface area (TPSA) is 71.1 Å². The van der Waals surface area contributed by atoms with Crippen LogP contribution in [0.4, 0.5) is 0 Å². The highest BCUT2D eigenvalue weighted by Gasteiger charge is 2.14. The molecule has 1 aromatic heterocycles. The molecule has 0 saturated heterocycles. The van der Waals surface area contributed by atoms with Gasteiger partial charge in [0.2, 0.25) is 10.0 Å². The number of aromatic nitrogens is 1. The van der Waals surface area contributed by atoms with Gasteiger partial charge in [-0.15, -0.1) is 23.7 Å². The molecule has 0 bridgehead atoms. The zero-order valence-corrected chi connectivity index (χ0v) is 14.9. The van der Waals surface area contributed by atoms with E-state index in [0.717, 1.165) is 22.8 Å². The maximum atomic E-state index is 12.2. The first-order valence-corrected chi connectivity index (χ1v) is 9.12. The van der Waals surface area contributed by atoms with Crippen LogP contribution in [0.5, 0.6) is 0 Å². The molecule has 1 aromatic carbocycles. The van der Waals surface area contributed by atoms with E-state index in [-0.39, 0.29) is 17.3 Å². The summed E-state index contributed by atoms with van der Waals surface area (Å²) in [6.07, 6.45) is 0. The summed E-state index contributed by atoms with van der Waals surface area (Å²) in [7, 11) is -3.48. The van der Waals surface area contributed by atoms with E-state index in [1.807, 2.05) is 25.3 Å². The van der Waals surface area contributed by atoms with Gasteiger partial charge < -0.3 is 5.32 Å². The second-order valence-electron chi connectivity index (χ2n) is 4.57. The third-order valence-electron chi connectivity index (χ3n) is 2.85. The van der Waals surface area contributed by atoms with Crippen molar-refractivity contribution in [1.29, 1.82) is 0 Å². The number of nitrogens with one attached hydrogen (secondary N) is 2. The van der Waals surface area contributed by atoms with Gasteiger partial charge in [0.05, 0.1) is 4.90 Å². The fraction of sp³-hybridized carbons (Fsp3) is 0.357. The lowest BCUT2D eigenvalue weighted by Gasteiger charge is -2.08. The monoisotopic (exact) mass is 361 g/mol. The molecule has 1 heterocycles. The second-order valence-corrected chi connectivity index (χ2v) is 7.20. The predicted molar refractivity (Wildman–Crippen MR) is 93.3 cm³/mol. The molecular formula is C14H20ClN3O2S2. The molecule has 2 rings (SSSR count). The van der Waals surface area contributed by atoms with Crippen LogP contribution in [0.15, 0.2) is 34.5 Å². The number of aryl methyl sites for hydroxylation is 1. The first-order chi connectivity index (χ1) is 10.0. The molecular weight excluding hydrogens is 342 g/mol. The van der Waals surface area contributed by atoms with Crippen LogP contribution in [0.2, 0.25) is 0 Å². The molecule has 0 radical (unpaired) electrons. The number of benzene rings is 1. The van der Waals surface area contributed by atoms with Gasteiger partial charge in [0, 0.05) is 29.7 Å². The minimum Gasteiger partial charge on any atom is -0.316 e. The van der Waals surface area contributed by atoms with E-state index in [1.165, 1.54) is 11.3 Å². The van der Waals surface area contributed by atoms with E-state index in [9.17, 15) is 8.42 Å². The van der Waals surface area contributed by atoms with Gasteiger partial charge in [-0.05, 0) is 25.6 Å². The normalized spacial score (nSPS) is 11.2. The molecule has 0 aliphatic carbocycles. The summed E-state index contributed by atoms with van der Waals surface area (Å²) in [5.74, 6) is 0. The van der Waals surface area contributed by atoms with Gasteiger partial charge in [0.1, 0.15) is 5.01 Å². The van der Waals surface area contributed by atoms with Crippen molar-refractivity contribution in [2.24, 2.45) is 0 Å². The van der Waals surface area contributed by atoms with E-state index < -0.39 is 10.0 Å². The van der Waals surface area contributed by atoms with Crippen molar-refractivity contribution in [2.45, 2.75) is 18.7 Å². The van der Waals surface area contributed by atoms with Crippen molar-refractivity contribution in [1.82, 2.24) is 15.0 Å². The van der Waals surface area contributed by atoms with Crippen LogP contribution < -0.4 is 10.0 Å². The van der Waals surface area contributed by atoms with Crippen molar-refractivity contribution in [3.05, 3.63) is 35.3 Å². The summed E-state index contributed by atoms with van der Waals surface area (Å²) < 4.78 is 27.0. The molecule has 0 amide bonds. The summed E-state index contributed by atoms with van der Waals surface area (Å²) >= 11 is 1.51. The summed E-state index contributed by atoms with van der Waals surface area (Å²) in [6, 6.07) is 6.87. The Hall–Kier alpha value is -0.990. The van der Waals surface area contributed by atoms with Crippen molar-refractivity contribution in [2.75, 3.05) is 19.6 Å². The number of likely N-dealkylation sites (N-methyl/N-ethyl adjacent to an activating group) is 1. The van der Waals surface area contributed by atoms with Gasteiger partial charge in [0.15, 0.2) is 0 Å². The number of hydrogen-bond acceptors (Lipinski definition) is 5. The van der Waals surface area contributed by atoms with Gasteiger partial charge in [-0.25, -0.2) is 18.1 Å². The molecule has 0 aliphatic heterocycles. The number of thiazole rings is 1. The Morgan fingerprint density at radius 2 is 2.05 bits per heavy atom. The standard InChI is InChI=1S/C14H19N3O2S2.ClH/c1-3-15-7-8-16-21(18,19)13-6-4-5-12(9-13)14-17-11(2)10-20-14;/h4-6,9-10,15-16H,3,7-8H2,1-2H3;1H. The quantitative estimate of drug-likeness (QED) is 0.743. The van der Waals surface area contributed by atoms with Crippen molar-refractivity contribution in [3.63, 3.8) is 0 Å². The van der Waals surface area contributed by atoms with Crippen LogP contribution >= 0.6 is 23.7 Å². The Kier molecular flexibility index (Phi) is 7.44. The molecule has 8 heteroatoms. The van der Waals surface area contributed by atoms with E-state index in [0.29, 0.717) is 13.1 Å². The summed E-state index contributed by atoms with van der Waals surface area (Å²) in [5, 5.41) is 5.86. The van der Waals surface area contributed by atoms with Crippen LogP contribution in [0, 0.1) is 6.92 Å². The highest BCUT2D eigenvalue weighted by Crippen LogP contribution is 2.25. The molecule has 2 N–H and O–H groups in total. The summed E-state index contributed by atoms with van der Waals surface area (Å²) in [4.78, 5) is 4.65. The smallest absolute Gasteiger partial charge is 0.240 e. The molecule has 0 aliphatic rings. The first-order valence-electron chi connectivity index (χ1n) is 6.76. The van der Waals surface area contributed by atoms with Crippen LogP contribution in [-0.2, 0) is 10.0 Å². The molecule has 0 saturated carbocycles. The molecule has 0 spiro atoms. The Morgan fingerprint density at radius 1 is 1.27 bits per heavy atom. The van der Waals surface area contributed by atoms with Crippen LogP contribution in [0.1, 0.15) is 12.6 Å². The lowest BCUT2D eigenvalue weighted by atomic mass is 10.2. The SMILES string of the molecule is CCNCCNS(=O)(=O)c1cccc(-c2nc(C)cs2)c1.Cl. The fourth-order valence-electron chi connectivity index (χ4n) is 1.82. The molecule has 0 unspecified atom stereocenters. The first kappa shape index (κ1) is 19.1. The summed E-state index contributed by atoms with van der Waals surface area (Å²) in [5.41, 5.74) is 1.76. The number of nitrogens with zero attached hydrogens (tertiary/aromatic N) is 1. The second kappa shape index (κ2) is 8.59. The lowest BCUT2D eigenvalue weighted by molar-refractivity contribution is 0.577. The van der Waals surface area contributed by atoms with E-state index in [2.05, 4.69) is 15.0 Å². The minimum atomic E-state index is -3.48. The molecule has 0 atom stereocenters. The highest BCUT2D eigenvalue weighted by atomic mass is 35.5. The number of rotatable bonds is 7. The van der Waals surface area contributed by atoms with Gasteiger partial charge in [-0.3, -0.25) is 0 Å². The zero-order chi connectivity index (χ0) is 15.3. The van der Waals surface area contributed by atoms with Crippen molar-refractivity contribution in [3.8, 4) is 10.6 Å². The van der Waals surface area contributed by atoms with Gasteiger partial charge in [-0.1, -0.05) is 19.1 Å². The number of halogens is 1.